The highest BCUT2D eigenvalue weighted by atomic mass is 32.2. The Hall–Kier alpha value is -2.80. The lowest BCUT2D eigenvalue weighted by Crippen LogP contribution is -2.47. The fraction of sp³-hybridized carbons (Fsp3) is 0.455. The molecule has 1 fully saturated rings. The minimum Gasteiger partial charge on any atom is -0.493 e. The molecular formula is C22H24F5N3O4S. The number of amides is 1. The molecule has 13 heteroatoms. The molecule has 2 aromatic rings. The van der Waals surface area contributed by atoms with Gasteiger partial charge in [0.1, 0.15) is 11.1 Å². The number of hydrogen-bond donors (Lipinski definition) is 1. The van der Waals surface area contributed by atoms with Crippen molar-refractivity contribution in [3.63, 3.8) is 0 Å². The third kappa shape index (κ3) is 4.70. The molecule has 1 N–H and O–H groups in total. The van der Waals surface area contributed by atoms with Gasteiger partial charge in [-0.05, 0) is 25.1 Å². The van der Waals surface area contributed by atoms with Crippen molar-refractivity contribution in [3.8, 4) is 5.75 Å². The first-order valence-electron chi connectivity index (χ1n) is 10.3. The molecule has 0 saturated carbocycles. The number of rotatable bonds is 5. The predicted molar refractivity (Wildman–Crippen MR) is 118 cm³/mol. The monoisotopic (exact) mass is 521 g/mol. The zero-order valence-electron chi connectivity index (χ0n) is 19.4. The highest BCUT2D eigenvalue weighted by Crippen LogP contribution is 2.55. The van der Waals surface area contributed by atoms with Crippen molar-refractivity contribution in [3.05, 3.63) is 47.7 Å². The molecule has 2 heterocycles. The standard InChI is InChI=1S/C22H24F5N3O4S/c1-11-16(13-6-7-14(23)17(24)18(13)33-4)19(34-21(11,2)22(25,26)27)20(31)30-12-8-9-29-15(10-12)35(5,32)28-3/h6-11,16,19H,1-5H3,(H,29,30,31). The van der Waals surface area contributed by atoms with Crippen LogP contribution >= 0.6 is 0 Å². The molecule has 0 aliphatic carbocycles. The number of pyridine rings is 1. The van der Waals surface area contributed by atoms with Crippen molar-refractivity contribution >= 4 is 21.3 Å². The van der Waals surface area contributed by atoms with Crippen LogP contribution in [0.15, 0.2) is 39.9 Å². The summed E-state index contributed by atoms with van der Waals surface area (Å²) in [6.07, 6.45) is -4.05. The van der Waals surface area contributed by atoms with Gasteiger partial charge < -0.3 is 14.8 Å². The minimum absolute atomic E-state index is 0.0532. The van der Waals surface area contributed by atoms with Crippen LogP contribution in [-0.4, -0.2) is 53.4 Å². The van der Waals surface area contributed by atoms with Crippen LogP contribution in [-0.2, 0) is 19.3 Å². The Labute approximate surface area is 199 Å². The van der Waals surface area contributed by atoms with Crippen LogP contribution in [0.2, 0.25) is 0 Å². The molecule has 1 saturated heterocycles. The molecule has 3 rings (SSSR count). The number of alkyl halides is 3. The number of nitrogens with one attached hydrogen (secondary N) is 1. The molecule has 0 bridgehead atoms. The molecule has 1 aromatic heterocycles. The summed E-state index contributed by atoms with van der Waals surface area (Å²) in [6, 6.07) is 4.45. The fourth-order valence-corrected chi connectivity index (χ4v) is 4.83. The van der Waals surface area contributed by atoms with Crippen LogP contribution in [0.25, 0.3) is 0 Å². The number of halogens is 5. The number of carbonyl (C=O) groups is 1. The number of nitrogens with zero attached hydrogens (tertiary/aromatic N) is 2. The number of hydrogen-bond acceptors (Lipinski definition) is 6. The quantitative estimate of drug-likeness (QED) is 0.584. The van der Waals surface area contributed by atoms with Gasteiger partial charge in [-0.1, -0.05) is 13.0 Å². The summed E-state index contributed by atoms with van der Waals surface area (Å²) in [5, 5.41) is 2.50. The van der Waals surface area contributed by atoms with E-state index in [2.05, 4.69) is 14.7 Å². The first-order valence-corrected chi connectivity index (χ1v) is 12.2. The second kappa shape index (κ2) is 9.34. The maximum Gasteiger partial charge on any atom is 0.417 e. The maximum absolute atomic E-state index is 14.4. The first-order chi connectivity index (χ1) is 16.2. The van der Waals surface area contributed by atoms with Crippen molar-refractivity contribution in [2.75, 3.05) is 25.7 Å². The van der Waals surface area contributed by atoms with Gasteiger partial charge >= 0.3 is 6.18 Å². The summed E-state index contributed by atoms with van der Waals surface area (Å²) in [4.78, 5) is 17.2. The lowest BCUT2D eigenvalue weighted by molar-refractivity contribution is -0.272. The Morgan fingerprint density at radius 3 is 2.51 bits per heavy atom. The lowest BCUT2D eigenvalue weighted by atomic mass is 9.77. The third-order valence-corrected chi connectivity index (χ3v) is 8.01. The normalized spacial score (nSPS) is 26.2. The third-order valence-electron chi connectivity index (χ3n) is 6.31. The molecule has 0 radical (unpaired) electrons. The zero-order valence-corrected chi connectivity index (χ0v) is 20.3. The van der Waals surface area contributed by atoms with E-state index in [1.54, 1.807) is 0 Å². The molecule has 1 amide bonds. The highest BCUT2D eigenvalue weighted by molar-refractivity contribution is 7.92. The van der Waals surface area contributed by atoms with E-state index in [0.29, 0.717) is 0 Å². The van der Waals surface area contributed by atoms with Crippen molar-refractivity contribution in [2.24, 2.45) is 10.3 Å². The lowest BCUT2D eigenvalue weighted by Gasteiger charge is -2.32. The molecular weight excluding hydrogens is 497 g/mol. The van der Waals surface area contributed by atoms with Crippen molar-refractivity contribution in [2.45, 2.75) is 42.7 Å². The van der Waals surface area contributed by atoms with Crippen LogP contribution in [0.1, 0.15) is 25.3 Å². The van der Waals surface area contributed by atoms with Gasteiger partial charge in [-0.2, -0.15) is 17.6 Å². The van der Waals surface area contributed by atoms with E-state index >= 15 is 0 Å². The summed E-state index contributed by atoms with van der Waals surface area (Å²) < 4.78 is 96.8. The number of methoxy groups -OCH3 is 1. The van der Waals surface area contributed by atoms with Gasteiger partial charge in [0.25, 0.3) is 5.91 Å². The number of anilines is 1. The van der Waals surface area contributed by atoms with Gasteiger partial charge in [0.15, 0.2) is 17.2 Å². The van der Waals surface area contributed by atoms with Crippen LogP contribution in [0.4, 0.5) is 27.6 Å². The number of benzene rings is 1. The summed E-state index contributed by atoms with van der Waals surface area (Å²) >= 11 is 0. The topological polar surface area (TPSA) is 89.9 Å². The average molecular weight is 522 g/mol. The van der Waals surface area contributed by atoms with E-state index in [9.17, 15) is 31.0 Å². The van der Waals surface area contributed by atoms with E-state index in [1.807, 2.05) is 0 Å². The summed E-state index contributed by atoms with van der Waals surface area (Å²) in [7, 11) is -0.480. The molecule has 0 spiro atoms. The number of carbonyl (C=O) groups excluding carboxylic acids is 1. The van der Waals surface area contributed by atoms with Crippen LogP contribution in [0.5, 0.6) is 5.75 Å². The van der Waals surface area contributed by atoms with Gasteiger partial charge in [0, 0.05) is 42.6 Å². The summed E-state index contributed by atoms with van der Waals surface area (Å²) in [6.45, 7) is 2.01. The van der Waals surface area contributed by atoms with Gasteiger partial charge in [0.05, 0.1) is 16.8 Å². The molecule has 5 unspecified atom stereocenters. The number of aromatic nitrogens is 1. The zero-order chi connectivity index (χ0) is 26.3. The Kier molecular flexibility index (Phi) is 7.15. The van der Waals surface area contributed by atoms with Gasteiger partial charge in [0.2, 0.25) is 5.82 Å². The maximum atomic E-state index is 14.4. The first kappa shape index (κ1) is 26.8. The van der Waals surface area contributed by atoms with Crippen LogP contribution in [0, 0.1) is 17.6 Å². The Balaban J connectivity index is 2.08. The Bertz CT molecular complexity index is 1260. The summed E-state index contributed by atoms with van der Waals surface area (Å²) in [5.74, 6) is -6.99. The average Bonchev–Trinajstić information content (AvgIpc) is 3.07. The number of ether oxygens (including phenoxy) is 2. The van der Waals surface area contributed by atoms with E-state index < -0.39 is 62.7 Å². The molecule has 5 atom stereocenters. The molecule has 192 valence electrons. The summed E-state index contributed by atoms with van der Waals surface area (Å²) in [5.41, 5.74) is -2.84. The van der Waals surface area contributed by atoms with Crippen LogP contribution in [0.3, 0.4) is 0 Å². The van der Waals surface area contributed by atoms with Gasteiger partial charge in [-0.25, -0.2) is 17.9 Å². The minimum atomic E-state index is -4.88. The highest BCUT2D eigenvalue weighted by Gasteiger charge is 2.65. The van der Waals surface area contributed by atoms with Crippen LogP contribution < -0.4 is 10.1 Å². The molecule has 35 heavy (non-hydrogen) atoms. The predicted octanol–water partition coefficient (Wildman–Crippen LogP) is 4.53. The Morgan fingerprint density at radius 2 is 1.94 bits per heavy atom. The molecule has 1 aliphatic heterocycles. The molecule has 1 aliphatic rings. The smallest absolute Gasteiger partial charge is 0.417 e. The van der Waals surface area contributed by atoms with Crippen molar-refractivity contribution in [1.29, 1.82) is 0 Å². The molecule has 7 nitrogen and oxygen atoms in total. The van der Waals surface area contributed by atoms with E-state index in [1.165, 1.54) is 38.6 Å². The van der Waals surface area contributed by atoms with Crippen molar-refractivity contribution < 1.29 is 40.4 Å². The van der Waals surface area contributed by atoms with Gasteiger partial charge in [-0.3, -0.25) is 4.79 Å². The second-order valence-corrected chi connectivity index (χ2v) is 10.7. The SMILES string of the molecule is CN=S(C)(=O)c1cc(NC(=O)C2OC(C)(C(F)(F)F)C(C)C2c2ccc(F)c(F)c2OC)ccn1. The second-order valence-electron chi connectivity index (χ2n) is 8.30. The Morgan fingerprint density at radius 1 is 1.29 bits per heavy atom. The fourth-order valence-electron chi connectivity index (χ4n) is 4.04. The van der Waals surface area contributed by atoms with Gasteiger partial charge in [-0.15, -0.1) is 0 Å². The van der Waals surface area contributed by atoms with E-state index in [-0.39, 0.29) is 16.3 Å². The largest absolute Gasteiger partial charge is 0.493 e. The molecule has 1 aromatic carbocycles. The van der Waals surface area contributed by atoms with Crippen molar-refractivity contribution in [1.82, 2.24) is 4.98 Å². The van der Waals surface area contributed by atoms with E-state index in [0.717, 1.165) is 26.2 Å². The van der Waals surface area contributed by atoms with E-state index in [4.69, 9.17) is 9.47 Å².